The number of carbonyl (C=O) groups excluding carboxylic acids is 1. The van der Waals surface area contributed by atoms with Crippen LogP contribution in [0.1, 0.15) is 5.56 Å². The van der Waals surface area contributed by atoms with Crippen LogP contribution in [0.2, 0.25) is 10.0 Å². The summed E-state index contributed by atoms with van der Waals surface area (Å²) >= 11 is 12.0. The molecule has 0 heterocycles. The first-order valence-corrected chi connectivity index (χ1v) is 11.5. The lowest BCUT2D eigenvalue weighted by Crippen LogP contribution is -2.45. The molecule has 0 saturated carbocycles. The lowest BCUT2D eigenvalue weighted by Gasteiger charge is -2.20. The second-order valence-electron chi connectivity index (χ2n) is 6.63. The number of nitrogens with one attached hydrogen (secondary N) is 2. The second-order valence-corrected chi connectivity index (χ2v) is 9.15. The molecule has 3 aromatic carbocycles. The minimum absolute atomic E-state index is 0.000461. The fourth-order valence-electron chi connectivity index (χ4n) is 2.94. The highest BCUT2D eigenvalue weighted by Crippen LogP contribution is 2.26. The zero-order valence-corrected chi connectivity index (χ0v) is 18.8. The highest BCUT2D eigenvalue weighted by atomic mass is 35.5. The minimum Gasteiger partial charge on any atom is -0.495 e. The van der Waals surface area contributed by atoms with Crippen LogP contribution in [0, 0.1) is 0 Å². The standard InChI is InChI=1S/C22H20Cl2N2O4S/c1-30-20-10-6-5-9-18(20)25-22(27)19(13-15-7-3-2-4-8-15)26-31(28,29)21-14-16(23)11-12-17(21)24/h2-12,14,19,26H,13H2,1H3,(H,25,27)/t19-/m0/s1. The van der Waals surface area contributed by atoms with E-state index in [0.717, 1.165) is 5.56 Å². The van der Waals surface area contributed by atoms with Gasteiger partial charge in [-0.25, -0.2) is 8.42 Å². The highest BCUT2D eigenvalue weighted by molar-refractivity contribution is 7.89. The van der Waals surface area contributed by atoms with Crippen LogP contribution in [-0.4, -0.2) is 27.5 Å². The van der Waals surface area contributed by atoms with Gasteiger partial charge >= 0.3 is 0 Å². The normalized spacial score (nSPS) is 12.2. The summed E-state index contributed by atoms with van der Waals surface area (Å²) in [5, 5.41) is 2.94. The van der Waals surface area contributed by atoms with Gasteiger partial charge in [0.2, 0.25) is 15.9 Å². The molecule has 0 unspecified atom stereocenters. The summed E-state index contributed by atoms with van der Waals surface area (Å²) in [5.74, 6) is -0.0925. The molecule has 0 fully saturated rings. The Balaban J connectivity index is 1.92. The van der Waals surface area contributed by atoms with Gasteiger partial charge in [-0.1, -0.05) is 65.7 Å². The maximum Gasteiger partial charge on any atom is 0.243 e. The van der Waals surface area contributed by atoms with Gasteiger partial charge < -0.3 is 10.1 Å². The van der Waals surface area contributed by atoms with E-state index in [2.05, 4.69) is 10.0 Å². The quantitative estimate of drug-likeness (QED) is 0.497. The number of ether oxygens (including phenoxy) is 1. The molecule has 3 aromatic rings. The van der Waals surface area contributed by atoms with Gasteiger partial charge in [0.15, 0.2) is 0 Å². The van der Waals surface area contributed by atoms with Crippen molar-refractivity contribution < 1.29 is 17.9 Å². The van der Waals surface area contributed by atoms with Gasteiger partial charge in [0.1, 0.15) is 16.7 Å². The van der Waals surface area contributed by atoms with Gasteiger partial charge in [-0.15, -0.1) is 0 Å². The zero-order chi connectivity index (χ0) is 22.4. The monoisotopic (exact) mass is 478 g/mol. The van der Waals surface area contributed by atoms with Crippen molar-refractivity contribution in [2.45, 2.75) is 17.4 Å². The molecule has 0 bridgehead atoms. The SMILES string of the molecule is COc1ccccc1NC(=O)[C@H](Cc1ccccc1)NS(=O)(=O)c1cc(Cl)ccc1Cl. The molecular formula is C22H20Cl2N2O4S. The highest BCUT2D eigenvalue weighted by Gasteiger charge is 2.28. The van der Waals surface area contributed by atoms with Crippen LogP contribution in [0.3, 0.4) is 0 Å². The first-order chi connectivity index (χ1) is 14.8. The van der Waals surface area contributed by atoms with E-state index in [1.807, 2.05) is 30.3 Å². The molecule has 0 saturated heterocycles. The van der Waals surface area contributed by atoms with Crippen molar-refractivity contribution in [2.75, 3.05) is 12.4 Å². The zero-order valence-electron chi connectivity index (χ0n) is 16.5. The van der Waals surface area contributed by atoms with E-state index in [0.29, 0.717) is 11.4 Å². The molecule has 2 N–H and O–H groups in total. The smallest absolute Gasteiger partial charge is 0.243 e. The third-order valence-corrected chi connectivity index (χ3v) is 6.63. The van der Waals surface area contributed by atoms with Crippen LogP contribution in [0.5, 0.6) is 5.75 Å². The molecular weight excluding hydrogens is 459 g/mol. The number of methoxy groups -OCH3 is 1. The van der Waals surface area contributed by atoms with Gasteiger partial charge in [-0.2, -0.15) is 4.72 Å². The third kappa shape index (κ3) is 5.98. The minimum atomic E-state index is -4.14. The van der Waals surface area contributed by atoms with Gasteiger partial charge in [0, 0.05) is 5.02 Å². The van der Waals surface area contributed by atoms with E-state index in [1.54, 1.807) is 24.3 Å². The summed E-state index contributed by atoms with van der Waals surface area (Å²) in [4.78, 5) is 12.9. The van der Waals surface area contributed by atoms with Crippen molar-refractivity contribution in [1.29, 1.82) is 0 Å². The average molecular weight is 479 g/mol. The number of amides is 1. The summed E-state index contributed by atoms with van der Waals surface area (Å²) in [6.45, 7) is 0. The van der Waals surface area contributed by atoms with Crippen LogP contribution in [0.15, 0.2) is 77.7 Å². The van der Waals surface area contributed by atoms with Crippen LogP contribution >= 0.6 is 23.2 Å². The number of para-hydroxylation sites is 2. The van der Waals surface area contributed by atoms with E-state index >= 15 is 0 Å². The predicted molar refractivity (Wildman–Crippen MR) is 122 cm³/mol. The molecule has 1 amide bonds. The van der Waals surface area contributed by atoms with Crippen LogP contribution in [0.4, 0.5) is 5.69 Å². The lowest BCUT2D eigenvalue weighted by molar-refractivity contribution is -0.117. The van der Waals surface area contributed by atoms with Crippen LogP contribution in [0.25, 0.3) is 0 Å². The molecule has 0 aliphatic rings. The average Bonchev–Trinajstić information content (AvgIpc) is 2.76. The number of halogens is 2. The maximum atomic E-state index is 13.1. The van der Waals surface area contributed by atoms with E-state index in [4.69, 9.17) is 27.9 Å². The molecule has 6 nitrogen and oxygen atoms in total. The van der Waals surface area contributed by atoms with Crippen molar-refractivity contribution in [2.24, 2.45) is 0 Å². The van der Waals surface area contributed by atoms with Crippen LogP contribution in [-0.2, 0) is 21.2 Å². The largest absolute Gasteiger partial charge is 0.495 e. The summed E-state index contributed by atoms with van der Waals surface area (Å²) in [6.07, 6.45) is 0.124. The maximum absolute atomic E-state index is 13.1. The Bertz CT molecular complexity index is 1170. The number of anilines is 1. The Morgan fingerprint density at radius 2 is 1.68 bits per heavy atom. The number of rotatable bonds is 8. The first-order valence-electron chi connectivity index (χ1n) is 9.25. The molecule has 1 atom stereocenters. The van der Waals surface area contributed by atoms with Gasteiger partial charge in [-0.05, 0) is 42.3 Å². The Morgan fingerprint density at radius 1 is 1.00 bits per heavy atom. The molecule has 0 aromatic heterocycles. The number of hydrogen-bond acceptors (Lipinski definition) is 4. The molecule has 3 rings (SSSR count). The van der Waals surface area contributed by atoms with Crippen molar-refractivity contribution in [1.82, 2.24) is 4.72 Å². The van der Waals surface area contributed by atoms with Gasteiger partial charge in [-0.3, -0.25) is 4.79 Å². The van der Waals surface area contributed by atoms with E-state index in [9.17, 15) is 13.2 Å². The summed E-state index contributed by atoms with van der Waals surface area (Å²) in [6, 6.07) is 18.9. The number of sulfonamides is 1. The molecule has 0 aliphatic heterocycles. The fraction of sp³-hybridized carbons (Fsp3) is 0.136. The van der Waals surface area contributed by atoms with Crippen molar-refractivity contribution >= 4 is 44.8 Å². The van der Waals surface area contributed by atoms with Crippen molar-refractivity contribution in [3.05, 3.63) is 88.4 Å². The Hall–Kier alpha value is -2.58. The summed E-state index contributed by atoms with van der Waals surface area (Å²) < 4.78 is 33.8. The predicted octanol–water partition coefficient (Wildman–Crippen LogP) is 4.53. The Morgan fingerprint density at radius 3 is 2.39 bits per heavy atom. The van der Waals surface area contributed by atoms with Gasteiger partial charge in [0.25, 0.3) is 0 Å². The summed E-state index contributed by atoms with van der Waals surface area (Å²) in [7, 11) is -2.66. The van der Waals surface area contributed by atoms with E-state index in [-0.39, 0.29) is 21.4 Å². The number of carbonyl (C=O) groups is 1. The number of hydrogen-bond donors (Lipinski definition) is 2. The summed E-state index contributed by atoms with van der Waals surface area (Å²) in [5.41, 5.74) is 1.20. The molecule has 0 spiro atoms. The van der Waals surface area contributed by atoms with Gasteiger partial charge in [0.05, 0.1) is 17.8 Å². The van der Waals surface area contributed by atoms with E-state index < -0.39 is 22.0 Å². The third-order valence-electron chi connectivity index (χ3n) is 4.44. The fourth-order valence-corrected chi connectivity index (χ4v) is 4.90. The van der Waals surface area contributed by atoms with Crippen molar-refractivity contribution in [3.8, 4) is 5.75 Å². The second kappa shape index (κ2) is 10.2. The molecule has 0 radical (unpaired) electrons. The topological polar surface area (TPSA) is 84.5 Å². The van der Waals surface area contributed by atoms with Crippen molar-refractivity contribution in [3.63, 3.8) is 0 Å². The first kappa shape index (κ1) is 23.1. The molecule has 31 heavy (non-hydrogen) atoms. The lowest BCUT2D eigenvalue weighted by atomic mass is 10.1. The molecule has 0 aliphatic carbocycles. The van der Waals surface area contributed by atoms with Crippen LogP contribution < -0.4 is 14.8 Å². The Labute approximate surface area is 191 Å². The molecule has 162 valence electrons. The Kier molecular flexibility index (Phi) is 7.56. The number of benzene rings is 3. The van der Waals surface area contributed by atoms with E-state index in [1.165, 1.54) is 25.3 Å². The molecule has 9 heteroatoms.